The minimum atomic E-state index is -1.04. The minimum absolute atomic E-state index is 0.108. The molecule has 1 aromatic carbocycles. The summed E-state index contributed by atoms with van der Waals surface area (Å²) in [5.74, 6) is -0.778. The summed E-state index contributed by atoms with van der Waals surface area (Å²) >= 11 is 3.14. The van der Waals surface area contributed by atoms with E-state index < -0.39 is 11.4 Å². The van der Waals surface area contributed by atoms with Crippen molar-refractivity contribution >= 4 is 21.8 Å². The maximum atomic E-state index is 12.9. The number of hydrogen-bond donors (Lipinski definition) is 2. The van der Waals surface area contributed by atoms with Crippen molar-refractivity contribution in [2.45, 2.75) is 25.0 Å². The van der Waals surface area contributed by atoms with Gasteiger partial charge in [-0.25, -0.2) is 4.39 Å². The zero-order valence-electron chi connectivity index (χ0n) is 10.5. The molecule has 1 amide bonds. The van der Waals surface area contributed by atoms with Gasteiger partial charge in [-0.15, -0.1) is 0 Å². The third kappa shape index (κ3) is 3.13. The molecule has 0 aliphatic carbocycles. The van der Waals surface area contributed by atoms with Crippen molar-refractivity contribution in [1.82, 2.24) is 5.32 Å². The van der Waals surface area contributed by atoms with Gasteiger partial charge >= 0.3 is 0 Å². The predicted molar refractivity (Wildman–Crippen MR) is 71.4 cm³/mol. The zero-order chi connectivity index (χ0) is 14.0. The molecule has 2 N–H and O–H groups in total. The molecule has 104 valence electrons. The average molecular weight is 332 g/mol. The first-order valence-electron chi connectivity index (χ1n) is 5.99. The SMILES string of the molecule is CC1OCCC1(O)CNC(=O)c1ccc(F)cc1Br. The van der Waals surface area contributed by atoms with Crippen molar-refractivity contribution in [3.8, 4) is 0 Å². The molecule has 1 saturated heterocycles. The van der Waals surface area contributed by atoms with Crippen molar-refractivity contribution < 1.29 is 19.0 Å². The van der Waals surface area contributed by atoms with E-state index in [2.05, 4.69) is 21.2 Å². The molecule has 1 aliphatic heterocycles. The highest BCUT2D eigenvalue weighted by Gasteiger charge is 2.39. The molecule has 4 nitrogen and oxygen atoms in total. The van der Waals surface area contributed by atoms with Gasteiger partial charge in [-0.2, -0.15) is 0 Å². The Morgan fingerprint density at radius 2 is 2.42 bits per heavy atom. The van der Waals surface area contributed by atoms with Gasteiger partial charge in [0.15, 0.2) is 0 Å². The van der Waals surface area contributed by atoms with Gasteiger partial charge in [-0.05, 0) is 41.1 Å². The summed E-state index contributed by atoms with van der Waals surface area (Å²) in [5, 5.41) is 12.9. The van der Waals surface area contributed by atoms with Crippen LogP contribution in [0, 0.1) is 5.82 Å². The fourth-order valence-corrected chi connectivity index (χ4v) is 2.54. The Hall–Kier alpha value is -0.980. The van der Waals surface area contributed by atoms with E-state index in [-0.39, 0.29) is 18.6 Å². The summed E-state index contributed by atoms with van der Waals surface area (Å²) < 4.78 is 18.6. The van der Waals surface area contributed by atoms with E-state index in [9.17, 15) is 14.3 Å². The number of benzene rings is 1. The Balaban J connectivity index is 2.02. The van der Waals surface area contributed by atoms with Gasteiger partial charge in [-0.1, -0.05) is 0 Å². The Morgan fingerprint density at radius 3 is 3.00 bits per heavy atom. The number of rotatable bonds is 3. The van der Waals surface area contributed by atoms with Crippen LogP contribution >= 0.6 is 15.9 Å². The van der Waals surface area contributed by atoms with Crippen molar-refractivity contribution in [1.29, 1.82) is 0 Å². The molecule has 1 aliphatic rings. The highest BCUT2D eigenvalue weighted by atomic mass is 79.9. The molecule has 6 heteroatoms. The van der Waals surface area contributed by atoms with Crippen molar-refractivity contribution in [2.24, 2.45) is 0 Å². The minimum Gasteiger partial charge on any atom is -0.385 e. The molecule has 2 atom stereocenters. The number of nitrogens with one attached hydrogen (secondary N) is 1. The fraction of sp³-hybridized carbons (Fsp3) is 0.462. The second-order valence-corrected chi connectivity index (χ2v) is 5.53. The van der Waals surface area contributed by atoms with Crippen LogP contribution in [-0.2, 0) is 4.74 Å². The van der Waals surface area contributed by atoms with Crippen molar-refractivity contribution in [3.63, 3.8) is 0 Å². The predicted octanol–water partition coefficient (Wildman–Crippen LogP) is 1.86. The standard InChI is InChI=1S/C13H15BrFNO3/c1-8-13(18,4-5-19-8)7-16-12(17)10-3-2-9(15)6-11(10)14/h2-3,6,8,18H,4-5,7H2,1H3,(H,16,17). The van der Waals surface area contributed by atoms with E-state index in [0.29, 0.717) is 23.1 Å². The highest BCUT2D eigenvalue weighted by molar-refractivity contribution is 9.10. The molecule has 0 saturated carbocycles. The number of amides is 1. The summed E-state index contributed by atoms with van der Waals surface area (Å²) in [6.45, 7) is 2.36. The molecule has 1 aromatic rings. The topological polar surface area (TPSA) is 58.6 Å². The second-order valence-electron chi connectivity index (χ2n) is 4.67. The Kier molecular flexibility index (Phi) is 4.23. The maximum absolute atomic E-state index is 12.9. The lowest BCUT2D eigenvalue weighted by molar-refractivity contribution is -0.0251. The van der Waals surface area contributed by atoms with Gasteiger partial charge in [0.05, 0.1) is 11.7 Å². The molecule has 2 rings (SSSR count). The Labute approximate surface area is 119 Å². The normalized spacial score (nSPS) is 26.4. The molecular formula is C13H15BrFNO3. The van der Waals surface area contributed by atoms with E-state index >= 15 is 0 Å². The number of halogens is 2. The molecule has 1 heterocycles. The van der Waals surface area contributed by atoms with Crippen LogP contribution in [0.4, 0.5) is 4.39 Å². The van der Waals surface area contributed by atoms with Crippen molar-refractivity contribution in [3.05, 3.63) is 34.1 Å². The summed E-state index contributed by atoms with van der Waals surface area (Å²) in [7, 11) is 0. The zero-order valence-corrected chi connectivity index (χ0v) is 12.0. The molecule has 0 spiro atoms. The van der Waals surface area contributed by atoms with Crippen LogP contribution in [0.3, 0.4) is 0 Å². The molecule has 2 unspecified atom stereocenters. The average Bonchev–Trinajstić information content (AvgIpc) is 2.67. The lowest BCUT2D eigenvalue weighted by Gasteiger charge is -2.26. The van der Waals surface area contributed by atoms with Gasteiger partial charge in [0.2, 0.25) is 0 Å². The molecule has 19 heavy (non-hydrogen) atoms. The largest absolute Gasteiger partial charge is 0.385 e. The number of carbonyl (C=O) groups excluding carboxylic acids is 1. The van der Waals surface area contributed by atoms with Crippen LogP contribution < -0.4 is 5.32 Å². The van der Waals surface area contributed by atoms with Gasteiger partial charge < -0.3 is 15.2 Å². The van der Waals surface area contributed by atoms with Crippen LogP contribution in [0.25, 0.3) is 0 Å². The summed E-state index contributed by atoms with van der Waals surface area (Å²) in [6, 6.07) is 3.84. The third-order valence-electron chi connectivity index (χ3n) is 3.39. The summed E-state index contributed by atoms with van der Waals surface area (Å²) in [4.78, 5) is 12.0. The quantitative estimate of drug-likeness (QED) is 0.888. The summed E-state index contributed by atoms with van der Waals surface area (Å²) in [5.41, 5.74) is -0.709. The molecular weight excluding hydrogens is 317 g/mol. The van der Waals surface area contributed by atoms with Crippen LogP contribution in [0.5, 0.6) is 0 Å². The van der Waals surface area contributed by atoms with Crippen LogP contribution in [0.15, 0.2) is 22.7 Å². The van der Waals surface area contributed by atoms with Crippen molar-refractivity contribution in [2.75, 3.05) is 13.2 Å². The van der Waals surface area contributed by atoms with Gasteiger partial charge in [0.25, 0.3) is 5.91 Å². The first kappa shape index (κ1) is 14.4. The van der Waals surface area contributed by atoms with Gasteiger partial charge in [0.1, 0.15) is 11.4 Å². The van der Waals surface area contributed by atoms with Crippen LogP contribution in [0.2, 0.25) is 0 Å². The first-order chi connectivity index (χ1) is 8.92. The van der Waals surface area contributed by atoms with Gasteiger partial charge in [0, 0.05) is 24.0 Å². The number of ether oxygens (including phenoxy) is 1. The maximum Gasteiger partial charge on any atom is 0.252 e. The van der Waals surface area contributed by atoms with E-state index in [1.807, 2.05) is 0 Å². The summed E-state index contributed by atoms with van der Waals surface area (Å²) in [6.07, 6.45) is 0.170. The number of aliphatic hydroxyl groups is 1. The third-order valence-corrected chi connectivity index (χ3v) is 4.05. The fourth-order valence-electron chi connectivity index (χ4n) is 2.01. The number of hydrogen-bond acceptors (Lipinski definition) is 3. The van der Waals surface area contributed by atoms with Crippen LogP contribution in [0.1, 0.15) is 23.7 Å². The lowest BCUT2D eigenvalue weighted by atomic mass is 9.96. The van der Waals surface area contributed by atoms with E-state index in [0.717, 1.165) is 0 Å². The Bertz CT molecular complexity index is 497. The first-order valence-corrected chi connectivity index (χ1v) is 6.79. The monoisotopic (exact) mass is 331 g/mol. The van der Waals surface area contributed by atoms with E-state index in [1.165, 1.54) is 18.2 Å². The van der Waals surface area contributed by atoms with E-state index in [4.69, 9.17) is 4.74 Å². The molecule has 0 bridgehead atoms. The Morgan fingerprint density at radius 1 is 1.68 bits per heavy atom. The molecule has 0 aromatic heterocycles. The molecule has 1 fully saturated rings. The van der Waals surface area contributed by atoms with E-state index in [1.54, 1.807) is 6.92 Å². The second kappa shape index (κ2) is 5.56. The smallest absolute Gasteiger partial charge is 0.252 e. The number of carbonyl (C=O) groups is 1. The van der Waals surface area contributed by atoms with Crippen LogP contribution in [-0.4, -0.2) is 35.9 Å². The molecule has 0 radical (unpaired) electrons. The lowest BCUT2D eigenvalue weighted by Crippen LogP contribution is -2.47. The highest BCUT2D eigenvalue weighted by Crippen LogP contribution is 2.25. The van der Waals surface area contributed by atoms with Gasteiger partial charge in [-0.3, -0.25) is 4.79 Å².